The van der Waals surface area contributed by atoms with Crippen LogP contribution in [0.1, 0.15) is 20.8 Å². The van der Waals surface area contributed by atoms with E-state index >= 15 is 0 Å². The van der Waals surface area contributed by atoms with Crippen molar-refractivity contribution in [3.8, 4) is 11.3 Å². The Bertz CT molecular complexity index is 449. The van der Waals surface area contributed by atoms with Gasteiger partial charge < -0.3 is 5.73 Å². The van der Waals surface area contributed by atoms with Gasteiger partial charge in [-0.25, -0.2) is 4.68 Å². The fourth-order valence-electron chi connectivity index (χ4n) is 1.48. The Labute approximate surface area is 93.5 Å². The van der Waals surface area contributed by atoms with E-state index in [0.717, 1.165) is 11.3 Å². The quantitative estimate of drug-likeness (QED) is 0.804. The van der Waals surface area contributed by atoms with Gasteiger partial charge in [0.15, 0.2) is 0 Å². The van der Waals surface area contributed by atoms with Crippen LogP contribution in [0.15, 0.2) is 22.9 Å². The highest BCUT2D eigenvalue weighted by Gasteiger charge is 2.18. The summed E-state index contributed by atoms with van der Waals surface area (Å²) in [5.74, 6) is 0.712. The molecule has 80 valence electrons. The molecule has 15 heavy (non-hydrogen) atoms. The van der Waals surface area contributed by atoms with Crippen molar-refractivity contribution in [1.82, 2.24) is 9.78 Å². The average molecular weight is 221 g/mol. The second-order valence-corrected chi connectivity index (χ2v) is 5.33. The normalized spacial score (nSPS) is 11.9. The molecule has 2 rings (SSSR count). The predicted octanol–water partition coefficient (Wildman–Crippen LogP) is 2.95. The van der Waals surface area contributed by atoms with E-state index < -0.39 is 0 Å². The van der Waals surface area contributed by atoms with Crippen LogP contribution in [0.4, 0.5) is 5.82 Å². The molecule has 2 N–H and O–H groups in total. The largest absolute Gasteiger partial charge is 0.384 e. The third-order valence-corrected chi connectivity index (χ3v) is 2.87. The summed E-state index contributed by atoms with van der Waals surface area (Å²) >= 11 is 1.67. The number of hydrogen-bond donors (Lipinski definition) is 1. The summed E-state index contributed by atoms with van der Waals surface area (Å²) in [6, 6.07) is 3.98. The van der Waals surface area contributed by atoms with Crippen molar-refractivity contribution in [2.45, 2.75) is 26.3 Å². The highest BCUT2D eigenvalue weighted by molar-refractivity contribution is 7.08. The minimum Gasteiger partial charge on any atom is -0.384 e. The van der Waals surface area contributed by atoms with Crippen molar-refractivity contribution in [2.75, 3.05) is 5.73 Å². The first-order chi connectivity index (χ1) is 6.98. The van der Waals surface area contributed by atoms with Gasteiger partial charge in [-0.2, -0.15) is 16.4 Å². The SMILES string of the molecule is CC(C)(C)n1nc(-c2ccsc2)cc1N. The van der Waals surface area contributed by atoms with Crippen molar-refractivity contribution in [3.63, 3.8) is 0 Å². The fourth-order valence-corrected chi connectivity index (χ4v) is 2.13. The van der Waals surface area contributed by atoms with Crippen molar-refractivity contribution >= 4 is 17.2 Å². The summed E-state index contributed by atoms with van der Waals surface area (Å²) in [6.07, 6.45) is 0. The molecule has 0 unspecified atom stereocenters. The Morgan fingerprint density at radius 1 is 1.40 bits per heavy atom. The molecule has 2 heterocycles. The van der Waals surface area contributed by atoms with Gasteiger partial charge in [-0.3, -0.25) is 0 Å². The standard InChI is InChI=1S/C11H15N3S/c1-11(2,3)14-10(12)6-9(13-14)8-4-5-15-7-8/h4-7H,12H2,1-3H3. The van der Waals surface area contributed by atoms with Crippen molar-refractivity contribution in [1.29, 1.82) is 0 Å². The average Bonchev–Trinajstić information content (AvgIpc) is 2.68. The minimum absolute atomic E-state index is 0.0711. The number of nitrogen functional groups attached to an aromatic ring is 1. The Balaban J connectivity index is 2.47. The van der Waals surface area contributed by atoms with Crippen LogP contribution in [0.5, 0.6) is 0 Å². The lowest BCUT2D eigenvalue weighted by molar-refractivity contribution is 0.362. The summed E-state index contributed by atoms with van der Waals surface area (Å²) in [5.41, 5.74) is 7.95. The Hall–Kier alpha value is -1.29. The first-order valence-corrected chi connectivity index (χ1v) is 5.81. The lowest BCUT2D eigenvalue weighted by Gasteiger charge is -2.20. The van der Waals surface area contributed by atoms with E-state index in [1.807, 2.05) is 16.1 Å². The molecule has 0 saturated carbocycles. The van der Waals surface area contributed by atoms with Gasteiger partial charge in [0.1, 0.15) is 5.82 Å². The summed E-state index contributed by atoms with van der Waals surface area (Å²) in [4.78, 5) is 0. The summed E-state index contributed by atoms with van der Waals surface area (Å²) < 4.78 is 1.86. The molecule has 3 nitrogen and oxygen atoms in total. The maximum absolute atomic E-state index is 5.94. The molecule has 2 aromatic rings. The van der Waals surface area contributed by atoms with Gasteiger partial charge in [-0.1, -0.05) is 0 Å². The van der Waals surface area contributed by atoms with E-state index in [1.165, 1.54) is 0 Å². The van der Waals surface area contributed by atoms with Crippen molar-refractivity contribution < 1.29 is 0 Å². The molecule has 0 saturated heterocycles. The fraction of sp³-hybridized carbons (Fsp3) is 0.364. The molecule has 4 heteroatoms. The van der Waals surface area contributed by atoms with E-state index in [1.54, 1.807) is 11.3 Å². The number of rotatable bonds is 1. The van der Waals surface area contributed by atoms with Gasteiger partial charge in [-0.05, 0) is 32.2 Å². The van der Waals surface area contributed by atoms with Crippen LogP contribution in [-0.4, -0.2) is 9.78 Å². The summed E-state index contributed by atoms with van der Waals surface area (Å²) in [6.45, 7) is 6.27. The molecule has 0 atom stereocenters. The molecule has 0 aliphatic carbocycles. The van der Waals surface area contributed by atoms with Crippen LogP contribution < -0.4 is 5.73 Å². The Kier molecular flexibility index (Phi) is 2.31. The van der Waals surface area contributed by atoms with E-state index in [9.17, 15) is 0 Å². The first-order valence-electron chi connectivity index (χ1n) is 4.87. The minimum atomic E-state index is -0.0711. The second-order valence-electron chi connectivity index (χ2n) is 4.55. The summed E-state index contributed by atoms with van der Waals surface area (Å²) in [5, 5.41) is 8.64. The van der Waals surface area contributed by atoms with Gasteiger partial charge in [0.25, 0.3) is 0 Å². The molecule has 2 aromatic heterocycles. The lowest BCUT2D eigenvalue weighted by atomic mass is 10.1. The molecule has 0 spiro atoms. The molecule has 0 aliphatic rings. The van der Waals surface area contributed by atoms with Gasteiger partial charge >= 0.3 is 0 Å². The molecule has 0 aromatic carbocycles. The number of anilines is 1. The van der Waals surface area contributed by atoms with Gasteiger partial charge in [0, 0.05) is 17.0 Å². The number of thiophene rings is 1. The van der Waals surface area contributed by atoms with Crippen LogP contribution in [-0.2, 0) is 5.54 Å². The number of nitrogens with two attached hydrogens (primary N) is 1. The van der Waals surface area contributed by atoms with Gasteiger partial charge in [0.2, 0.25) is 0 Å². The molecule has 0 radical (unpaired) electrons. The second kappa shape index (κ2) is 3.38. The monoisotopic (exact) mass is 221 g/mol. The number of aromatic nitrogens is 2. The molecular weight excluding hydrogens is 206 g/mol. The molecule has 0 amide bonds. The Morgan fingerprint density at radius 3 is 2.60 bits per heavy atom. The van der Waals surface area contributed by atoms with E-state index in [4.69, 9.17) is 5.73 Å². The zero-order chi connectivity index (χ0) is 11.1. The first kappa shape index (κ1) is 10.2. The van der Waals surface area contributed by atoms with E-state index in [0.29, 0.717) is 5.82 Å². The van der Waals surface area contributed by atoms with Crippen LogP contribution in [0.3, 0.4) is 0 Å². The molecular formula is C11H15N3S. The van der Waals surface area contributed by atoms with Crippen LogP contribution in [0.2, 0.25) is 0 Å². The third-order valence-electron chi connectivity index (χ3n) is 2.19. The maximum Gasteiger partial charge on any atom is 0.122 e. The maximum atomic E-state index is 5.94. The summed E-state index contributed by atoms with van der Waals surface area (Å²) in [7, 11) is 0. The zero-order valence-corrected chi connectivity index (χ0v) is 10.0. The van der Waals surface area contributed by atoms with Crippen LogP contribution in [0, 0.1) is 0 Å². The van der Waals surface area contributed by atoms with Crippen LogP contribution in [0.25, 0.3) is 11.3 Å². The third kappa shape index (κ3) is 1.90. The predicted molar refractivity (Wildman–Crippen MR) is 64.9 cm³/mol. The molecule has 0 fully saturated rings. The Morgan fingerprint density at radius 2 is 2.13 bits per heavy atom. The lowest BCUT2D eigenvalue weighted by Crippen LogP contribution is -2.24. The highest BCUT2D eigenvalue weighted by Crippen LogP contribution is 2.26. The van der Waals surface area contributed by atoms with Crippen LogP contribution >= 0.6 is 11.3 Å². The number of hydrogen-bond acceptors (Lipinski definition) is 3. The van der Waals surface area contributed by atoms with E-state index in [-0.39, 0.29) is 5.54 Å². The molecule has 0 aliphatic heterocycles. The smallest absolute Gasteiger partial charge is 0.122 e. The van der Waals surface area contributed by atoms with Crippen molar-refractivity contribution in [2.24, 2.45) is 0 Å². The topological polar surface area (TPSA) is 43.8 Å². The zero-order valence-electron chi connectivity index (χ0n) is 9.19. The highest BCUT2D eigenvalue weighted by atomic mass is 32.1. The molecule has 0 bridgehead atoms. The van der Waals surface area contributed by atoms with Crippen molar-refractivity contribution in [3.05, 3.63) is 22.9 Å². The van der Waals surface area contributed by atoms with Gasteiger partial charge in [-0.15, -0.1) is 0 Å². The van der Waals surface area contributed by atoms with Gasteiger partial charge in [0.05, 0.1) is 11.2 Å². The van der Waals surface area contributed by atoms with E-state index in [2.05, 4.69) is 37.3 Å². The number of nitrogens with zero attached hydrogens (tertiary/aromatic N) is 2.